The van der Waals surface area contributed by atoms with Gasteiger partial charge in [0.2, 0.25) is 7.71 Å². The van der Waals surface area contributed by atoms with Gasteiger partial charge < -0.3 is 0 Å². The van der Waals surface area contributed by atoms with E-state index < -0.39 is 0 Å². The molecule has 0 N–H and O–H groups in total. The lowest BCUT2D eigenvalue weighted by Gasteiger charge is -2.08. The summed E-state index contributed by atoms with van der Waals surface area (Å²) in [4.78, 5) is 0. The molecule has 0 aliphatic rings. The summed E-state index contributed by atoms with van der Waals surface area (Å²) in [5, 5.41) is 0. The van der Waals surface area contributed by atoms with Gasteiger partial charge in [0.15, 0.2) is 0 Å². The minimum atomic E-state index is 0.00889. The standard InChI is InChI=1S/C16H36NP2/c1-5-9-13-18(14-10-6-2)17-19(15-11-7-3)16-12-8-4/h5-16H2,1-4H3/q+1. The molecule has 0 bridgehead atoms. The lowest BCUT2D eigenvalue weighted by molar-refractivity contribution is 0.864. The van der Waals surface area contributed by atoms with E-state index in [1.807, 2.05) is 0 Å². The molecule has 1 nitrogen and oxygen atoms in total. The van der Waals surface area contributed by atoms with Crippen LogP contribution in [0.25, 0.3) is 0 Å². The highest BCUT2D eigenvalue weighted by molar-refractivity contribution is 7.64. The van der Waals surface area contributed by atoms with Crippen molar-refractivity contribution in [3.05, 3.63) is 0 Å². The monoisotopic (exact) mass is 304 g/mol. The lowest BCUT2D eigenvalue weighted by Crippen LogP contribution is -1.90. The minimum Gasteiger partial charge on any atom is -0.0897 e. The SMILES string of the molecule is CCCCP(CCCC)N=[P+](CCCC)CCCC. The molecule has 0 aromatic carbocycles. The van der Waals surface area contributed by atoms with Crippen LogP contribution >= 0.6 is 15.8 Å². The van der Waals surface area contributed by atoms with Gasteiger partial charge in [-0.25, -0.2) is 0 Å². The second-order valence-electron chi connectivity index (χ2n) is 5.41. The maximum absolute atomic E-state index is 5.36. The van der Waals surface area contributed by atoms with Crippen molar-refractivity contribution < 1.29 is 0 Å². The summed E-state index contributed by atoms with van der Waals surface area (Å²) in [6.45, 7) is 9.24. The van der Waals surface area contributed by atoms with Gasteiger partial charge in [0.25, 0.3) is 0 Å². The van der Waals surface area contributed by atoms with Crippen molar-refractivity contribution in [2.75, 3.05) is 24.6 Å². The Balaban J connectivity index is 4.44. The summed E-state index contributed by atoms with van der Waals surface area (Å²) < 4.78 is 5.36. The Morgan fingerprint density at radius 1 is 0.684 bits per heavy atom. The van der Waals surface area contributed by atoms with Gasteiger partial charge in [-0.15, -0.1) is 0 Å². The fourth-order valence-corrected chi connectivity index (χ4v) is 7.98. The Morgan fingerprint density at radius 2 is 1.11 bits per heavy atom. The highest BCUT2D eigenvalue weighted by Gasteiger charge is 2.16. The zero-order valence-electron chi connectivity index (χ0n) is 13.8. The third-order valence-electron chi connectivity index (χ3n) is 3.33. The third kappa shape index (κ3) is 12.0. The second-order valence-corrected chi connectivity index (χ2v) is 9.94. The topological polar surface area (TPSA) is 12.4 Å². The van der Waals surface area contributed by atoms with Crippen molar-refractivity contribution >= 4 is 15.8 Å². The van der Waals surface area contributed by atoms with E-state index in [1.54, 1.807) is 0 Å². The van der Waals surface area contributed by atoms with Gasteiger partial charge in [-0.05, 0) is 38.0 Å². The number of nitrogens with zero attached hydrogens (tertiary/aromatic N) is 1. The van der Waals surface area contributed by atoms with Crippen LogP contribution in [0, 0.1) is 0 Å². The van der Waals surface area contributed by atoms with Crippen molar-refractivity contribution in [1.82, 2.24) is 0 Å². The first-order valence-electron chi connectivity index (χ1n) is 8.49. The molecule has 0 amide bonds. The molecule has 19 heavy (non-hydrogen) atoms. The predicted octanol–water partition coefficient (Wildman–Crippen LogP) is 7.25. The molecule has 0 fully saturated rings. The van der Waals surface area contributed by atoms with E-state index in [0.717, 1.165) is 0 Å². The van der Waals surface area contributed by atoms with Crippen LogP contribution in [0.4, 0.5) is 0 Å². The van der Waals surface area contributed by atoms with Crippen LogP contribution in [0.1, 0.15) is 79.1 Å². The Kier molecular flexibility index (Phi) is 15.3. The van der Waals surface area contributed by atoms with Crippen molar-refractivity contribution in [3.8, 4) is 0 Å². The zero-order valence-corrected chi connectivity index (χ0v) is 15.6. The minimum absolute atomic E-state index is 0.00889. The number of hydrogen-bond donors (Lipinski definition) is 0. The Morgan fingerprint density at radius 3 is 1.47 bits per heavy atom. The molecular formula is C16H36NP2+. The lowest BCUT2D eigenvalue weighted by atomic mass is 10.4. The summed E-state index contributed by atoms with van der Waals surface area (Å²) >= 11 is 0. The second kappa shape index (κ2) is 14.9. The van der Waals surface area contributed by atoms with Crippen LogP contribution in [0.15, 0.2) is 4.52 Å². The smallest absolute Gasteiger partial charge is 0.0897 e. The fourth-order valence-electron chi connectivity index (χ4n) is 1.94. The van der Waals surface area contributed by atoms with Gasteiger partial charge in [-0.3, -0.25) is 0 Å². The van der Waals surface area contributed by atoms with Gasteiger partial charge in [-0.1, -0.05) is 57.9 Å². The highest BCUT2D eigenvalue weighted by Crippen LogP contribution is 2.47. The zero-order chi connectivity index (χ0) is 14.3. The van der Waals surface area contributed by atoms with E-state index >= 15 is 0 Å². The van der Waals surface area contributed by atoms with Crippen molar-refractivity contribution in [3.63, 3.8) is 0 Å². The van der Waals surface area contributed by atoms with Crippen molar-refractivity contribution in [2.45, 2.75) is 79.1 Å². The van der Waals surface area contributed by atoms with E-state index in [2.05, 4.69) is 27.7 Å². The van der Waals surface area contributed by atoms with Crippen molar-refractivity contribution in [2.24, 2.45) is 4.52 Å². The quantitative estimate of drug-likeness (QED) is 0.318. The van der Waals surface area contributed by atoms with Crippen LogP contribution < -0.4 is 0 Å². The number of rotatable bonds is 13. The molecule has 0 saturated heterocycles. The summed E-state index contributed by atoms with van der Waals surface area (Å²) in [5.74, 6) is 0. The number of unbranched alkanes of at least 4 members (excludes halogenated alkanes) is 4. The Labute approximate surface area is 124 Å². The first-order valence-corrected chi connectivity index (χ1v) is 11.8. The van der Waals surface area contributed by atoms with Gasteiger partial charge in [0.1, 0.15) is 12.3 Å². The molecular weight excluding hydrogens is 268 g/mol. The summed E-state index contributed by atoms with van der Waals surface area (Å²) in [6.07, 6.45) is 16.5. The predicted molar refractivity (Wildman–Crippen MR) is 95.4 cm³/mol. The van der Waals surface area contributed by atoms with E-state index in [1.165, 1.54) is 76.0 Å². The van der Waals surface area contributed by atoms with Crippen LogP contribution in [0.3, 0.4) is 0 Å². The molecule has 0 heterocycles. The Hall–Kier alpha value is 0.530. The van der Waals surface area contributed by atoms with Gasteiger partial charge in [0.05, 0.1) is 8.07 Å². The number of hydrogen-bond acceptors (Lipinski definition) is 1. The van der Waals surface area contributed by atoms with Gasteiger partial charge >= 0.3 is 0 Å². The molecule has 0 spiro atoms. The Bertz CT molecular complexity index is 199. The highest BCUT2D eigenvalue weighted by atomic mass is 31.2. The van der Waals surface area contributed by atoms with Gasteiger partial charge in [0, 0.05) is 0 Å². The van der Waals surface area contributed by atoms with Crippen LogP contribution in [-0.2, 0) is 0 Å². The van der Waals surface area contributed by atoms with Crippen LogP contribution in [0.5, 0.6) is 0 Å². The molecule has 114 valence electrons. The third-order valence-corrected chi connectivity index (χ3v) is 8.69. The van der Waals surface area contributed by atoms with Crippen LogP contribution in [0.2, 0.25) is 0 Å². The first kappa shape index (κ1) is 19.5. The average Bonchev–Trinajstić information content (AvgIpc) is 2.44. The molecule has 0 aliphatic carbocycles. The summed E-state index contributed by atoms with van der Waals surface area (Å²) in [7, 11) is 0.0178. The van der Waals surface area contributed by atoms with E-state index in [4.69, 9.17) is 4.52 Å². The van der Waals surface area contributed by atoms with E-state index in [0.29, 0.717) is 0 Å². The molecule has 0 aliphatic heterocycles. The molecule has 0 rings (SSSR count). The maximum atomic E-state index is 5.36. The van der Waals surface area contributed by atoms with Crippen LogP contribution in [-0.4, -0.2) is 24.6 Å². The van der Waals surface area contributed by atoms with E-state index in [-0.39, 0.29) is 15.8 Å². The molecule has 0 aromatic rings. The molecule has 0 saturated carbocycles. The first-order chi connectivity index (χ1) is 9.28. The molecule has 0 atom stereocenters. The van der Waals surface area contributed by atoms with E-state index in [9.17, 15) is 0 Å². The van der Waals surface area contributed by atoms with Gasteiger partial charge in [-0.2, -0.15) is 0 Å². The molecule has 3 heteroatoms. The molecule has 0 unspecified atom stereocenters. The maximum Gasteiger partial charge on any atom is 0.204 e. The fraction of sp³-hybridized carbons (Fsp3) is 1.00. The molecule has 0 aromatic heterocycles. The average molecular weight is 304 g/mol. The normalized spacial score (nSPS) is 11.0. The molecule has 0 radical (unpaired) electrons. The largest absolute Gasteiger partial charge is 0.204 e. The summed E-state index contributed by atoms with van der Waals surface area (Å²) in [6, 6.07) is 0. The summed E-state index contributed by atoms with van der Waals surface area (Å²) in [5.41, 5.74) is 0. The van der Waals surface area contributed by atoms with Crippen molar-refractivity contribution in [1.29, 1.82) is 0 Å².